The second-order valence-corrected chi connectivity index (χ2v) is 6.25. The first-order valence-electron chi connectivity index (χ1n) is 5.91. The molecule has 0 spiro atoms. The Morgan fingerprint density at radius 1 is 1.10 bits per heavy atom. The number of carbonyl (C=O) groups excluding carboxylic acids is 1. The molecule has 7 heteroatoms. The van der Waals surface area contributed by atoms with Crippen molar-refractivity contribution >= 4 is 27.4 Å². The van der Waals surface area contributed by atoms with Gasteiger partial charge in [-0.2, -0.15) is 0 Å². The van der Waals surface area contributed by atoms with Gasteiger partial charge in [-0.05, 0) is 17.7 Å². The van der Waals surface area contributed by atoms with Gasteiger partial charge < -0.3 is 5.11 Å². The molecule has 3 N–H and O–H groups in total. The number of hydrogen-bond donors (Lipinski definition) is 2. The standard InChI is InChI=1S/C14H12ClNO4S/c15-12-10(7-4-8-11(12)21(16,19)20)14(18)13(17)9-5-2-1-3-6-9/h1-8,13,17H,(H2,16,19,20). The van der Waals surface area contributed by atoms with Crippen LogP contribution in [0.2, 0.25) is 5.02 Å². The molecule has 1 unspecified atom stereocenters. The molecule has 0 radical (unpaired) electrons. The molecule has 21 heavy (non-hydrogen) atoms. The number of ketones is 1. The van der Waals surface area contributed by atoms with Gasteiger partial charge in [-0.1, -0.05) is 48.0 Å². The second-order valence-electron chi connectivity index (χ2n) is 4.34. The first-order valence-corrected chi connectivity index (χ1v) is 7.83. The number of Topliss-reactive ketones (excluding diaryl/α,β-unsaturated/α-hetero) is 1. The summed E-state index contributed by atoms with van der Waals surface area (Å²) in [6, 6.07) is 12.1. The summed E-state index contributed by atoms with van der Waals surface area (Å²) >= 11 is 5.93. The molecule has 0 heterocycles. The maximum absolute atomic E-state index is 12.3. The molecule has 110 valence electrons. The number of halogens is 1. The lowest BCUT2D eigenvalue weighted by Gasteiger charge is -2.12. The number of hydrogen-bond acceptors (Lipinski definition) is 4. The molecule has 0 aromatic heterocycles. The lowest BCUT2D eigenvalue weighted by molar-refractivity contribution is 0.0747. The number of sulfonamides is 1. The lowest BCUT2D eigenvalue weighted by atomic mass is 10.00. The van der Waals surface area contributed by atoms with E-state index in [9.17, 15) is 18.3 Å². The number of carbonyl (C=O) groups is 1. The van der Waals surface area contributed by atoms with E-state index < -0.39 is 21.9 Å². The molecule has 2 rings (SSSR count). The third kappa shape index (κ3) is 3.30. The average molecular weight is 326 g/mol. The average Bonchev–Trinajstić information content (AvgIpc) is 2.45. The van der Waals surface area contributed by atoms with Gasteiger partial charge in [0.1, 0.15) is 11.0 Å². The van der Waals surface area contributed by atoms with Gasteiger partial charge in [-0.25, -0.2) is 13.6 Å². The van der Waals surface area contributed by atoms with Gasteiger partial charge >= 0.3 is 0 Å². The Morgan fingerprint density at radius 2 is 1.71 bits per heavy atom. The van der Waals surface area contributed by atoms with Gasteiger partial charge in [-0.3, -0.25) is 4.79 Å². The number of nitrogens with two attached hydrogens (primary N) is 1. The highest BCUT2D eigenvalue weighted by Gasteiger charge is 2.24. The van der Waals surface area contributed by atoms with Gasteiger partial charge in [0, 0.05) is 5.56 Å². The molecule has 5 nitrogen and oxygen atoms in total. The van der Waals surface area contributed by atoms with E-state index in [1.165, 1.54) is 18.2 Å². The molecule has 0 amide bonds. The molecule has 0 fully saturated rings. The minimum absolute atomic E-state index is 0.0976. The fraction of sp³-hybridized carbons (Fsp3) is 0.0714. The van der Waals surface area contributed by atoms with Crippen LogP contribution in [0.15, 0.2) is 53.4 Å². The summed E-state index contributed by atoms with van der Waals surface area (Å²) in [6.07, 6.45) is -1.43. The predicted molar refractivity (Wildman–Crippen MR) is 78.6 cm³/mol. The molecule has 0 bridgehead atoms. The van der Waals surface area contributed by atoms with Crippen molar-refractivity contribution in [1.29, 1.82) is 0 Å². The fourth-order valence-corrected chi connectivity index (χ4v) is 3.02. The van der Waals surface area contributed by atoms with Crippen LogP contribution in [0.1, 0.15) is 22.0 Å². The number of aliphatic hydroxyl groups is 1. The maximum Gasteiger partial charge on any atom is 0.239 e. The van der Waals surface area contributed by atoms with E-state index in [1.54, 1.807) is 30.3 Å². The normalized spacial score (nSPS) is 12.9. The fourth-order valence-electron chi connectivity index (χ4n) is 1.85. The van der Waals surface area contributed by atoms with Gasteiger partial charge in [0.2, 0.25) is 10.0 Å². The molecule has 2 aromatic rings. The van der Waals surface area contributed by atoms with Crippen LogP contribution in [-0.4, -0.2) is 19.3 Å². The Bertz CT molecular complexity index is 775. The third-order valence-corrected chi connectivity index (χ3v) is 4.37. The summed E-state index contributed by atoms with van der Waals surface area (Å²) in [5.41, 5.74) is 0.291. The van der Waals surface area contributed by atoms with Gasteiger partial charge in [-0.15, -0.1) is 0 Å². The summed E-state index contributed by atoms with van der Waals surface area (Å²) in [6.45, 7) is 0. The van der Waals surface area contributed by atoms with E-state index in [0.29, 0.717) is 5.56 Å². The Labute approximate surface area is 127 Å². The molecule has 0 saturated heterocycles. The van der Waals surface area contributed by atoms with E-state index in [2.05, 4.69) is 0 Å². The lowest BCUT2D eigenvalue weighted by Crippen LogP contribution is -2.17. The smallest absolute Gasteiger partial charge is 0.239 e. The van der Waals surface area contributed by atoms with Gasteiger partial charge in [0.25, 0.3) is 0 Å². The zero-order valence-corrected chi connectivity index (χ0v) is 12.3. The zero-order chi connectivity index (χ0) is 15.6. The van der Waals surface area contributed by atoms with Crippen LogP contribution in [0.4, 0.5) is 0 Å². The topological polar surface area (TPSA) is 97.5 Å². The molecular weight excluding hydrogens is 314 g/mol. The van der Waals surface area contributed by atoms with Crippen molar-refractivity contribution in [3.05, 3.63) is 64.7 Å². The number of primary sulfonamides is 1. The van der Waals surface area contributed by atoms with Crippen LogP contribution in [0, 0.1) is 0 Å². The Balaban J connectivity index is 2.46. The quantitative estimate of drug-likeness (QED) is 0.839. The minimum Gasteiger partial charge on any atom is -0.380 e. The number of aliphatic hydroxyl groups excluding tert-OH is 1. The summed E-state index contributed by atoms with van der Waals surface area (Å²) in [7, 11) is -4.05. The molecule has 0 saturated carbocycles. The van der Waals surface area contributed by atoms with Crippen LogP contribution < -0.4 is 5.14 Å². The largest absolute Gasteiger partial charge is 0.380 e. The van der Waals surface area contributed by atoms with E-state index in [0.717, 1.165) is 0 Å². The summed E-state index contributed by atoms with van der Waals surface area (Å²) < 4.78 is 22.8. The molecule has 0 aliphatic carbocycles. The highest BCUT2D eigenvalue weighted by Crippen LogP contribution is 2.28. The van der Waals surface area contributed by atoms with Crippen LogP contribution >= 0.6 is 11.6 Å². The summed E-state index contributed by atoms with van der Waals surface area (Å²) in [5.74, 6) is -0.697. The van der Waals surface area contributed by atoms with E-state index in [4.69, 9.17) is 16.7 Å². The van der Waals surface area contributed by atoms with E-state index >= 15 is 0 Å². The van der Waals surface area contributed by atoms with E-state index in [-0.39, 0.29) is 15.5 Å². The van der Waals surface area contributed by atoms with Crippen molar-refractivity contribution in [2.75, 3.05) is 0 Å². The van der Waals surface area contributed by atoms with Crippen molar-refractivity contribution < 1.29 is 18.3 Å². The SMILES string of the molecule is NS(=O)(=O)c1cccc(C(=O)C(O)c2ccccc2)c1Cl. The summed E-state index contributed by atoms with van der Waals surface area (Å²) in [5, 5.41) is 14.8. The third-order valence-electron chi connectivity index (χ3n) is 2.90. The minimum atomic E-state index is -4.05. The highest BCUT2D eigenvalue weighted by atomic mass is 35.5. The second kappa shape index (κ2) is 5.95. The Hall–Kier alpha value is -1.73. The van der Waals surface area contributed by atoms with Crippen molar-refractivity contribution in [2.45, 2.75) is 11.0 Å². The van der Waals surface area contributed by atoms with Gasteiger partial charge in [0.15, 0.2) is 5.78 Å². The molecule has 2 aromatic carbocycles. The van der Waals surface area contributed by atoms with Crippen molar-refractivity contribution in [2.24, 2.45) is 5.14 Å². The molecule has 1 atom stereocenters. The highest BCUT2D eigenvalue weighted by molar-refractivity contribution is 7.89. The molecule has 0 aliphatic rings. The maximum atomic E-state index is 12.3. The Morgan fingerprint density at radius 3 is 2.29 bits per heavy atom. The van der Waals surface area contributed by atoms with Crippen LogP contribution in [0.3, 0.4) is 0 Å². The predicted octanol–water partition coefficient (Wildman–Crippen LogP) is 1.90. The van der Waals surface area contributed by atoms with E-state index in [1.807, 2.05) is 0 Å². The Kier molecular flexibility index (Phi) is 4.43. The van der Waals surface area contributed by atoms with Crippen LogP contribution in [-0.2, 0) is 10.0 Å². The number of benzene rings is 2. The first-order chi connectivity index (χ1) is 9.82. The van der Waals surface area contributed by atoms with Crippen molar-refractivity contribution in [3.8, 4) is 0 Å². The van der Waals surface area contributed by atoms with Crippen molar-refractivity contribution in [3.63, 3.8) is 0 Å². The van der Waals surface area contributed by atoms with Gasteiger partial charge in [0.05, 0.1) is 5.02 Å². The molecular formula is C14H12ClNO4S. The first kappa shape index (κ1) is 15.7. The summed E-state index contributed by atoms with van der Waals surface area (Å²) in [4.78, 5) is 11.9. The monoisotopic (exact) mass is 325 g/mol. The zero-order valence-electron chi connectivity index (χ0n) is 10.7. The number of rotatable bonds is 4. The van der Waals surface area contributed by atoms with Crippen LogP contribution in [0.25, 0.3) is 0 Å². The van der Waals surface area contributed by atoms with Crippen molar-refractivity contribution in [1.82, 2.24) is 0 Å². The molecule has 0 aliphatic heterocycles. The van der Waals surface area contributed by atoms with Crippen LogP contribution in [0.5, 0.6) is 0 Å².